The largest absolute Gasteiger partial charge is 0.379 e. The van der Waals surface area contributed by atoms with Crippen LogP contribution < -0.4 is 10.6 Å². The molecule has 6 heteroatoms. The fourth-order valence-electron chi connectivity index (χ4n) is 3.09. The maximum Gasteiger partial charge on any atom is 0.191 e. The standard InChI is InChI=1S/C21H36N4O.HI/c1-4-22-21(23-11-7-8-18(2)3)24-16-19-9-5-6-10-20(19)17-25-12-14-26-15-13-25;/h5-6,9-10,18H,4,7-8,11-17H2,1-3H3,(H2,22,23,24);1H. The van der Waals surface area contributed by atoms with Crippen molar-refractivity contribution in [3.63, 3.8) is 0 Å². The second-order valence-corrected chi connectivity index (χ2v) is 7.32. The zero-order valence-corrected chi connectivity index (χ0v) is 19.5. The van der Waals surface area contributed by atoms with Crippen LogP contribution in [0.15, 0.2) is 29.3 Å². The van der Waals surface area contributed by atoms with Gasteiger partial charge >= 0.3 is 0 Å². The highest BCUT2D eigenvalue weighted by atomic mass is 127. The molecule has 0 radical (unpaired) electrons. The van der Waals surface area contributed by atoms with Crippen molar-refractivity contribution >= 4 is 29.9 Å². The monoisotopic (exact) mass is 488 g/mol. The number of nitrogens with one attached hydrogen (secondary N) is 2. The van der Waals surface area contributed by atoms with E-state index in [9.17, 15) is 0 Å². The van der Waals surface area contributed by atoms with Crippen LogP contribution in [0.2, 0.25) is 0 Å². The van der Waals surface area contributed by atoms with Gasteiger partial charge in [-0.3, -0.25) is 4.90 Å². The Bertz CT molecular complexity index is 545. The van der Waals surface area contributed by atoms with Gasteiger partial charge in [-0.2, -0.15) is 0 Å². The molecule has 1 aromatic carbocycles. The Labute approximate surface area is 182 Å². The van der Waals surface area contributed by atoms with Gasteiger partial charge in [0.1, 0.15) is 0 Å². The van der Waals surface area contributed by atoms with Crippen molar-refractivity contribution in [2.75, 3.05) is 39.4 Å². The maximum atomic E-state index is 5.45. The fourth-order valence-corrected chi connectivity index (χ4v) is 3.09. The van der Waals surface area contributed by atoms with Gasteiger partial charge in [0, 0.05) is 32.7 Å². The highest BCUT2D eigenvalue weighted by Crippen LogP contribution is 2.14. The third-order valence-electron chi connectivity index (χ3n) is 4.62. The molecule has 2 N–H and O–H groups in total. The minimum Gasteiger partial charge on any atom is -0.379 e. The van der Waals surface area contributed by atoms with Crippen LogP contribution in [0.4, 0.5) is 0 Å². The van der Waals surface area contributed by atoms with Gasteiger partial charge in [0.25, 0.3) is 0 Å². The van der Waals surface area contributed by atoms with E-state index in [-0.39, 0.29) is 24.0 Å². The minimum atomic E-state index is 0. The molecular weight excluding hydrogens is 451 g/mol. The van der Waals surface area contributed by atoms with Gasteiger partial charge in [-0.1, -0.05) is 38.1 Å². The molecule has 0 amide bonds. The van der Waals surface area contributed by atoms with Crippen molar-refractivity contribution < 1.29 is 4.74 Å². The Kier molecular flexibility index (Phi) is 12.7. The topological polar surface area (TPSA) is 48.9 Å². The molecule has 0 aliphatic carbocycles. The molecule has 0 aromatic heterocycles. The summed E-state index contributed by atoms with van der Waals surface area (Å²) in [6, 6.07) is 8.65. The lowest BCUT2D eigenvalue weighted by molar-refractivity contribution is 0.0341. The fraction of sp³-hybridized carbons (Fsp3) is 0.667. The Hall–Kier alpha value is -0.860. The zero-order chi connectivity index (χ0) is 18.6. The second-order valence-electron chi connectivity index (χ2n) is 7.32. The molecule has 1 fully saturated rings. The number of guanidine groups is 1. The summed E-state index contributed by atoms with van der Waals surface area (Å²) in [4.78, 5) is 7.27. The molecule has 154 valence electrons. The molecule has 1 aromatic rings. The van der Waals surface area contributed by atoms with Gasteiger partial charge in [-0.25, -0.2) is 4.99 Å². The van der Waals surface area contributed by atoms with E-state index in [1.807, 2.05) is 0 Å². The van der Waals surface area contributed by atoms with Crippen LogP contribution in [0.3, 0.4) is 0 Å². The van der Waals surface area contributed by atoms with Crippen molar-refractivity contribution in [1.29, 1.82) is 0 Å². The summed E-state index contributed by atoms with van der Waals surface area (Å²) in [5, 5.41) is 6.81. The molecule has 1 heterocycles. The number of aliphatic imine (C=N–C) groups is 1. The van der Waals surface area contributed by atoms with Crippen molar-refractivity contribution in [2.24, 2.45) is 10.9 Å². The molecular formula is C21H37IN4O. The van der Waals surface area contributed by atoms with E-state index in [1.54, 1.807) is 0 Å². The lowest BCUT2D eigenvalue weighted by Gasteiger charge is -2.27. The van der Waals surface area contributed by atoms with E-state index in [4.69, 9.17) is 9.73 Å². The summed E-state index contributed by atoms with van der Waals surface area (Å²) < 4.78 is 5.45. The molecule has 1 saturated heterocycles. The van der Waals surface area contributed by atoms with Crippen LogP contribution in [0, 0.1) is 5.92 Å². The summed E-state index contributed by atoms with van der Waals surface area (Å²) >= 11 is 0. The summed E-state index contributed by atoms with van der Waals surface area (Å²) in [7, 11) is 0. The molecule has 5 nitrogen and oxygen atoms in total. The first-order valence-electron chi connectivity index (χ1n) is 10.1. The molecule has 1 aliphatic rings. The van der Waals surface area contributed by atoms with E-state index in [0.29, 0.717) is 6.54 Å². The second kappa shape index (κ2) is 14.2. The number of hydrogen-bond acceptors (Lipinski definition) is 3. The number of hydrogen-bond donors (Lipinski definition) is 2. The van der Waals surface area contributed by atoms with Crippen LogP contribution in [0.5, 0.6) is 0 Å². The molecule has 27 heavy (non-hydrogen) atoms. The quantitative estimate of drug-likeness (QED) is 0.241. The number of nitrogens with zero attached hydrogens (tertiary/aromatic N) is 2. The molecule has 1 aliphatic heterocycles. The molecule has 0 bridgehead atoms. The van der Waals surface area contributed by atoms with E-state index in [2.05, 4.69) is 60.6 Å². The zero-order valence-electron chi connectivity index (χ0n) is 17.2. The smallest absolute Gasteiger partial charge is 0.191 e. The Morgan fingerprint density at radius 1 is 1.15 bits per heavy atom. The highest BCUT2D eigenvalue weighted by Gasteiger charge is 2.12. The van der Waals surface area contributed by atoms with Gasteiger partial charge in [0.05, 0.1) is 19.8 Å². The van der Waals surface area contributed by atoms with Crippen molar-refractivity contribution in [3.8, 4) is 0 Å². The Morgan fingerprint density at radius 3 is 2.52 bits per heavy atom. The summed E-state index contributed by atoms with van der Waals surface area (Å²) in [6.45, 7) is 13.9. The predicted octanol–water partition coefficient (Wildman–Crippen LogP) is 3.63. The number of ether oxygens (including phenoxy) is 1. The van der Waals surface area contributed by atoms with E-state index in [1.165, 1.54) is 24.0 Å². The highest BCUT2D eigenvalue weighted by molar-refractivity contribution is 14.0. The van der Waals surface area contributed by atoms with Crippen molar-refractivity contribution in [1.82, 2.24) is 15.5 Å². The number of morpholine rings is 1. The van der Waals surface area contributed by atoms with Crippen LogP contribution in [-0.4, -0.2) is 50.3 Å². The van der Waals surface area contributed by atoms with Gasteiger partial charge in [0.15, 0.2) is 5.96 Å². The molecule has 2 rings (SSSR count). The van der Waals surface area contributed by atoms with Crippen LogP contribution in [-0.2, 0) is 17.8 Å². The average molecular weight is 488 g/mol. The van der Waals surface area contributed by atoms with Crippen molar-refractivity contribution in [3.05, 3.63) is 35.4 Å². The van der Waals surface area contributed by atoms with Crippen molar-refractivity contribution in [2.45, 2.75) is 46.7 Å². The Morgan fingerprint density at radius 2 is 1.85 bits per heavy atom. The van der Waals surface area contributed by atoms with E-state index in [0.717, 1.165) is 57.8 Å². The summed E-state index contributed by atoms with van der Waals surface area (Å²) in [6.07, 6.45) is 2.42. The number of halogens is 1. The third-order valence-corrected chi connectivity index (χ3v) is 4.62. The average Bonchev–Trinajstić information content (AvgIpc) is 2.65. The first-order chi connectivity index (χ1) is 12.7. The summed E-state index contributed by atoms with van der Waals surface area (Å²) in [5.41, 5.74) is 2.67. The van der Waals surface area contributed by atoms with E-state index < -0.39 is 0 Å². The maximum absolute atomic E-state index is 5.45. The van der Waals surface area contributed by atoms with Crippen LogP contribution in [0.25, 0.3) is 0 Å². The minimum absolute atomic E-state index is 0. The first-order valence-corrected chi connectivity index (χ1v) is 10.1. The SMILES string of the molecule is CCNC(=NCc1ccccc1CN1CCOCC1)NCCCC(C)C.I. The lowest BCUT2D eigenvalue weighted by atomic mass is 10.1. The molecule has 0 saturated carbocycles. The molecule has 0 spiro atoms. The predicted molar refractivity (Wildman–Crippen MR) is 125 cm³/mol. The molecule has 0 atom stereocenters. The summed E-state index contributed by atoms with van der Waals surface area (Å²) in [5.74, 6) is 1.67. The van der Waals surface area contributed by atoms with Crippen LogP contribution in [0.1, 0.15) is 44.7 Å². The lowest BCUT2D eigenvalue weighted by Crippen LogP contribution is -2.38. The van der Waals surface area contributed by atoms with Gasteiger partial charge < -0.3 is 15.4 Å². The van der Waals surface area contributed by atoms with Gasteiger partial charge in [-0.05, 0) is 36.8 Å². The van der Waals surface area contributed by atoms with Gasteiger partial charge in [0.2, 0.25) is 0 Å². The number of rotatable bonds is 9. The van der Waals surface area contributed by atoms with E-state index >= 15 is 0 Å². The first kappa shape index (κ1) is 24.2. The normalized spacial score (nSPS) is 15.5. The van der Waals surface area contributed by atoms with Crippen LogP contribution >= 0.6 is 24.0 Å². The number of benzene rings is 1. The van der Waals surface area contributed by atoms with Gasteiger partial charge in [-0.15, -0.1) is 24.0 Å². The molecule has 0 unspecified atom stereocenters. The Balaban J connectivity index is 0.00000364. The third kappa shape index (κ3) is 9.76.